The van der Waals surface area contributed by atoms with E-state index < -0.39 is 12.1 Å². The van der Waals surface area contributed by atoms with Gasteiger partial charge >= 0.3 is 0 Å². The Balaban J connectivity index is 2.12. The fraction of sp³-hybridized carbons (Fsp3) is 0.429. The Morgan fingerprint density at radius 3 is 2.63 bits per heavy atom. The summed E-state index contributed by atoms with van der Waals surface area (Å²) in [5, 5.41) is 0. The lowest BCUT2D eigenvalue weighted by Crippen LogP contribution is -2.48. The van der Waals surface area contributed by atoms with Crippen molar-refractivity contribution in [3.05, 3.63) is 30.3 Å². The molecule has 2 amide bonds. The van der Waals surface area contributed by atoms with Crippen molar-refractivity contribution in [2.75, 3.05) is 18.5 Å². The molecule has 1 aromatic carbocycles. The molecule has 102 valence electrons. The lowest BCUT2D eigenvalue weighted by Gasteiger charge is -2.25. The first kappa shape index (κ1) is 13.5. The van der Waals surface area contributed by atoms with E-state index in [0.717, 1.165) is 5.69 Å². The van der Waals surface area contributed by atoms with Crippen molar-refractivity contribution in [1.29, 1.82) is 0 Å². The van der Waals surface area contributed by atoms with Gasteiger partial charge in [0.15, 0.2) is 0 Å². The number of nitrogens with two attached hydrogens (primary N) is 1. The lowest BCUT2D eigenvalue weighted by atomic mass is 10.2. The highest BCUT2D eigenvalue weighted by molar-refractivity contribution is 6.01. The van der Waals surface area contributed by atoms with Crippen molar-refractivity contribution < 1.29 is 9.59 Å². The van der Waals surface area contributed by atoms with Crippen LogP contribution in [0.15, 0.2) is 30.3 Å². The number of rotatable bonds is 3. The number of anilines is 1. The number of para-hydroxylation sites is 1. The van der Waals surface area contributed by atoms with E-state index in [-0.39, 0.29) is 11.8 Å². The third-order valence-electron chi connectivity index (χ3n) is 3.45. The van der Waals surface area contributed by atoms with Gasteiger partial charge in [0.1, 0.15) is 6.04 Å². The van der Waals surface area contributed by atoms with E-state index in [9.17, 15) is 9.59 Å². The first-order valence-electron chi connectivity index (χ1n) is 6.41. The molecule has 0 spiro atoms. The number of likely N-dealkylation sites (N-methyl/N-ethyl adjacent to an activating group) is 1. The van der Waals surface area contributed by atoms with Crippen LogP contribution >= 0.6 is 0 Å². The van der Waals surface area contributed by atoms with Crippen LogP contribution in [0.3, 0.4) is 0 Å². The van der Waals surface area contributed by atoms with Crippen LogP contribution in [0, 0.1) is 0 Å². The van der Waals surface area contributed by atoms with E-state index in [1.165, 1.54) is 4.90 Å². The Hall–Kier alpha value is -1.88. The number of nitrogens with zero attached hydrogens (tertiary/aromatic N) is 2. The fourth-order valence-corrected chi connectivity index (χ4v) is 2.36. The average Bonchev–Trinajstić information content (AvgIpc) is 2.79. The molecule has 5 heteroatoms. The molecule has 0 bridgehead atoms. The van der Waals surface area contributed by atoms with Crippen molar-refractivity contribution >= 4 is 17.5 Å². The van der Waals surface area contributed by atoms with Crippen LogP contribution in [0.2, 0.25) is 0 Å². The quantitative estimate of drug-likeness (QED) is 0.866. The molecule has 1 aliphatic rings. The van der Waals surface area contributed by atoms with Gasteiger partial charge in [-0.3, -0.25) is 9.59 Å². The van der Waals surface area contributed by atoms with E-state index in [4.69, 9.17) is 5.73 Å². The van der Waals surface area contributed by atoms with Crippen molar-refractivity contribution in [2.45, 2.75) is 25.4 Å². The van der Waals surface area contributed by atoms with Crippen LogP contribution < -0.4 is 10.6 Å². The van der Waals surface area contributed by atoms with Crippen molar-refractivity contribution in [3.8, 4) is 0 Å². The Morgan fingerprint density at radius 2 is 2.05 bits per heavy atom. The zero-order valence-corrected chi connectivity index (χ0v) is 11.2. The van der Waals surface area contributed by atoms with Crippen LogP contribution in [-0.2, 0) is 9.59 Å². The summed E-state index contributed by atoms with van der Waals surface area (Å²) < 4.78 is 0. The monoisotopic (exact) mass is 261 g/mol. The highest BCUT2D eigenvalue weighted by atomic mass is 16.2. The van der Waals surface area contributed by atoms with Gasteiger partial charge in [0, 0.05) is 19.3 Å². The molecule has 1 fully saturated rings. The molecule has 2 rings (SSSR count). The van der Waals surface area contributed by atoms with Gasteiger partial charge in [-0.25, -0.2) is 0 Å². The second kappa shape index (κ2) is 5.40. The zero-order chi connectivity index (χ0) is 14.0. The summed E-state index contributed by atoms with van der Waals surface area (Å²) >= 11 is 0. The van der Waals surface area contributed by atoms with Gasteiger partial charge in [0.05, 0.1) is 6.04 Å². The number of hydrogen-bond donors (Lipinski definition) is 1. The molecule has 0 saturated carbocycles. The molecule has 19 heavy (non-hydrogen) atoms. The molecule has 1 unspecified atom stereocenters. The Morgan fingerprint density at radius 1 is 1.42 bits per heavy atom. The van der Waals surface area contributed by atoms with E-state index in [1.54, 1.807) is 18.9 Å². The molecule has 1 saturated heterocycles. The van der Waals surface area contributed by atoms with Gasteiger partial charge in [-0.1, -0.05) is 18.2 Å². The maximum absolute atomic E-state index is 12.4. The number of carbonyl (C=O) groups is 2. The number of amides is 2. The van der Waals surface area contributed by atoms with Crippen molar-refractivity contribution in [1.82, 2.24) is 4.90 Å². The summed E-state index contributed by atoms with van der Waals surface area (Å²) in [7, 11) is 1.64. The zero-order valence-electron chi connectivity index (χ0n) is 11.2. The van der Waals surface area contributed by atoms with Crippen LogP contribution in [-0.4, -0.2) is 42.4 Å². The third kappa shape index (κ3) is 2.61. The van der Waals surface area contributed by atoms with Gasteiger partial charge in [0.2, 0.25) is 11.8 Å². The van der Waals surface area contributed by atoms with Gasteiger partial charge in [0.25, 0.3) is 0 Å². The predicted octanol–water partition coefficient (Wildman–Crippen LogP) is 0.598. The largest absolute Gasteiger partial charge is 0.332 e. The number of hydrogen-bond acceptors (Lipinski definition) is 3. The number of carbonyl (C=O) groups excluding carboxylic acids is 2. The summed E-state index contributed by atoms with van der Waals surface area (Å²) in [5.74, 6) is -0.240. The molecule has 0 radical (unpaired) electrons. The van der Waals surface area contributed by atoms with Crippen molar-refractivity contribution in [2.24, 2.45) is 5.73 Å². The molecule has 1 heterocycles. The maximum Gasteiger partial charge on any atom is 0.249 e. The van der Waals surface area contributed by atoms with Gasteiger partial charge < -0.3 is 15.5 Å². The van der Waals surface area contributed by atoms with Crippen LogP contribution in [0.1, 0.15) is 13.3 Å². The Kier molecular flexibility index (Phi) is 3.85. The van der Waals surface area contributed by atoms with E-state index in [1.807, 2.05) is 30.3 Å². The Labute approximate surface area is 113 Å². The van der Waals surface area contributed by atoms with Gasteiger partial charge in [-0.05, 0) is 25.5 Å². The average molecular weight is 261 g/mol. The van der Waals surface area contributed by atoms with E-state index in [0.29, 0.717) is 13.0 Å². The Bertz CT molecular complexity index is 473. The molecular weight excluding hydrogens is 242 g/mol. The predicted molar refractivity (Wildman–Crippen MR) is 73.6 cm³/mol. The molecule has 1 aromatic rings. The maximum atomic E-state index is 12.4. The molecular formula is C14H19N3O2. The number of benzene rings is 1. The summed E-state index contributed by atoms with van der Waals surface area (Å²) in [6.07, 6.45) is 0.642. The summed E-state index contributed by atoms with van der Waals surface area (Å²) in [5.41, 5.74) is 6.45. The highest BCUT2D eigenvalue weighted by Crippen LogP contribution is 2.23. The second-order valence-corrected chi connectivity index (χ2v) is 4.87. The molecule has 0 aliphatic carbocycles. The summed E-state index contributed by atoms with van der Waals surface area (Å²) in [4.78, 5) is 27.4. The first-order chi connectivity index (χ1) is 9.02. The summed E-state index contributed by atoms with van der Waals surface area (Å²) in [6, 6.07) is 8.51. The smallest absolute Gasteiger partial charge is 0.249 e. The van der Waals surface area contributed by atoms with Gasteiger partial charge in [-0.15, -0.1) is 0 Å². The van der Waals surface area contributed by atoms with Crippen LogP contribution in [0.5, 0.6) is 0 Å². The first-order valence-corrected chi connectivity index (χ1v) is 6.41. The molecule has 5 nitrogen and oxygen atoms in total. The topological polar surface area (TPSA) is 66.6 Å². The minimum atomic E-state index is -0.580. The van der Waals surface area contributed by atoms with Crippen molar-refractivity contribution in [3.63, 3.8) is 0 Å². The highest BCUT2D eigenvalue weighted by Gasteiger charge is 2.37. The molecule has 2 N–H and O–H groups in total. The lowest BCUT2D eigenvalue weighted by molar-refractivity contribution is -0.137. The standard InChI is InChI=1S/C14H19N3O2/c1-10(15)13(18)16(2)12-8-9-17(14(12)19)11-6-4-3-5-7-11/h3-7,10,12H,8-9,15H2,1-2H3/t10-,12?/m0/s1. The normalized spacial score (nSPS) is 20.5. The second-order valence-electron chi connectivity index (χ2n) is 4.87. The summed E-state index contributed by atoms with van der Waals surface area (Å²) in [6.45, 7) is 2.26. The van der Waals surface area contributed by atoms with E-state index in [2.05, 4.69) is 0 Å². The van der Waals surface area contributed by atoms with E-state index >= 15 is 0 Å². The molecule has 2 atom stereocenters. The minimum absolute atomic E-state index is 0.0392. The van der Waals surface area contributed by atoms with Gasteiger partial charge in [-0.2, -0.15) is 0 Å². The minimum Gasteiger partial charge on any atom is -0.332 e. The molecule has 1 aliphatic heterocycles. The SMILES string of the molecule is C[C@H](N)C(=O)N(C)C1CCN(c2ccccc2)C1=O. The van der Waals surface area contributed by atoms with Crippen LogP contribution in [0.4, 0.5) is 5.69 Å². The molecule has 0 aromatic heterocycles. The third-order valence-corrected chi connectivity index (χ3v) is 3.45. The fourth-order valence-electron chi connectivity index (χ4n) is 2.36. The van der Waals surface area contributed by atoms with Crippen LogP contribution in [0.25, 0.3) is 0 Å².